The Labute approximate surface area is 126 Å². The van der Waals surface area contributed by atoms with Gasteiger partial charge in [-0.3, -0.25) is 0 Å². The van der Waals surface area contributed by atoms with E-state index in [1.165, 1.54) is 0 Å². The molecule has 0 heterocycles. The Morgan fingerprint density at radius 3 is 2.14 bits per heavy atom. The Morgan fingerprint density at radius 1 is 1.14 bits per heavy atom. The maximum absolute atomic E-state index is 12.0. The summed E-state index contributed by atoms with van der Waals surface area (Å²) in [5, 5.41) is 9.70. The lowest BCUT2D eigenvalue weighted by atomic mass is 9.63. The molecular weight excluding hydrogens is 281 g/mol. The van der Waals surface area contributed by atoms with Crippen molar-refractivity contribution in [3.8, 4) is 0 Å². The number of halogens is 3. The van der Waals surface area contributed by atoms with Crippen LogP contribution < -0.4 is 0 Å². The number of ether oxygens (including phenoxy) is 1. The highest BCUT2D eigenvalue weighted by atomic mass is 19.4. The molecule has 0 aliphatic heterocycles. The molecule has 1 N–H and O–H groups in total. The highest BCUT2D eigenvalue weighted by molar-refractivity contribution is 4.88. The summed E-state index contributed by atoms with van der Waals surface area (Å²) in [5.41, 5.74) is 0.181. The number of aliphatic hydroxyl groups is 1. The predicted molar refractivity (Wildman–Crippen MR) is 77.0 cm³/mol. The average molecular weight is 310 g/mol. The monoisotopic (exact) mass is 310 g/mol. The van der Waals surface area contributed by atoms with E-state index in [9.17, 15) is 18.3 Å². The molecule has 1 saturated carbocycles. The summed E-state index contributed by atoms with van der Waals surface area (Å²) >= 11 is 0. The summed E-state index contributed by atoms with van der Waals surface area (Å²) < 4.78 is 40.6. The molecule has 0 unspecified atom stereocenters. The Balaban J connectivity index is 2.32. The molecule has 5 heteroatoms. The molecule has 2 nitrogen and oxygen atoms in total. The van der Waals surface area contributed by atoms with E-state index >= 15 is 0 Å². The summed E-state index contributed by atoms with van der Waals surface area (Å²) in [6, 6.07) is 0. The summed E-state index contributed by atoms with van der Waals surface area (Å²) in [6.07, 6.45) is 1.19. The van der Waals surface area contributed by atoms with Gasteiger partial charge in [0.25, 0.3) is 0 Å². The molecule has 0 atom stereocenters. The van der Waals surface area contributed by atoms with Crippen molar-refractivity contribution in [1.82, 2.24) is 0 Å². The second kappa shape index (κ2) is 7.32. The first-order valence-corrected chi connectivity index (χ1v) is 7.83. The van der Waals surface area contributed by atoms with Gasteiger partial charge in [-0.1, -0.05) is 20.8 Å². The van der Waals surface area contributed by atoms with Crippen LogP contribution in [0.2, 0.25) is 0 Å². The molecule has 0 radical (unpaired) electrons. The van der Waals surface area contributed by atoms with E-state index in [1.54, 1.807) is 0 Å². The fourth-order valence-electron chi connectivity index (χ4n) is 3.32. The molecule has 1 aliphatic rings. The van der Waals surface area contributed by atoms with Crippen molar-refractivity contribution in [2.45, 2.75) is 65.5 Å². The molecule has 0 amide bonds. The Hall–Kier alpha value is -0.290. The molecule has 0 aromatic carbocycles. The number of aliphatic hydroxyl groups excluding tert-OH is 1. The predicted octanol–water partition coefficient (Wildman–Crippen LogP) is 4.56. The van der Waals surface area contributed by atoms with Crippen molar-refractivity contribution in [2.24, 2.45) is 16.7 Å². The van der Waals surface area contributed by atoms with Crippen LogP contribution in [0, 0.1) is 16.7 Å². The zero-order valence-electron chi connectivity index (χ0n) is 13.4. The lowest BCUT2D eigenvalue weighted by Gasteiger charge is -2.43. The molecule has 0 bridgehead atoms. The van der Waals surface area contributed by atoms with Crippen LogP contribution in [0.3, 0.4) is 0 Å². The van der Waals surface area contributed by atoms with Crippen molar-refractivity contribution in [3.05, 3.63) is 0 Å². The van der Waals surface area contributed by atoms with Gasteiger partial charge in [-0.2, -0.15) is 13.2 Å². The van der Waals surface area contributed by atoms with Crippen molar-refractivity contribution in [3.63, 3.8) is 0 Å². The molecule has 126 valence electrons. The van der Waals surface area contributed by atoms with E-state index in [1.807, 2.05) is 0 Å². The largest absolute Gasteiger partial charge is 0.411 e. The summed E-state index contributed by atoms with van der Waals surface area (Å²) in [7, 11) is 0. The SMILES string of the molecule is CC(C)(C)C1CCC(CO)(CCCOCC(F)(F)F)CC1. The normalized spacial score (nSPS) is 27.9. The zero-order chi connectivity index (χ0) is 16.1. The van der Waals surface area contributed by atoms with E-state index in [0.717, 1.165) is 32.1 Å². The molecule has 1 rings (SSSR count). The Morgan fingerprint density at radius 2 is 1.71 bits per heavy atom. The smallest absolute Gasteiger partial charge is 0.396 e. The molecular formula is C16H29F3O2. The molecule has 1 fully saturated rings. The standard InChI is InChI=1S/C16H29F3O2/c1-14(2,3)13-5-8-15(11-20,9-6-13)7-4-10-21-12-16(17,18)19/h13,20H,4-12H2,1-3H3. The van der Waals surface area contributed by atoms with Crippen molar-refractivity contribution >= 4 is 0 Å². The van der Waals surface area contributed by atoms with Crippen LogP contribution in [-0.4, -0.2) is 31.1 Å². The highest BCUT2D eigenvalue weighted by Gasteiger charge is 2.38. The maximum atomic E-state index is 12.0. The molecule has 0 spiro atoms. The second-order valence-corrected chi connectivity index (χ2v) is 7.57. The summed E-state index contributed by atoms with van der Waals surface area (Å²) in [4.78, 5) is 0. The quantitative estimate of drug-likeness (QED) is 0.729. The van der Waals surface area contributed by atoms with Gasteiger partial charge in [0.05, 0.1) is 0 Å². The Kier molecular flexibility index (Phi) is 6.54. The number of rotatable bonds is 6. The Bertz CT molecular complexity index is 300. The van der Waals surface area contributed by atoms with E-state index in [2.05, 4.69) is 25.5 Å². The number of hydrogen-bond acceptors (Lipinski definition) is 2. The topological polar surface area (TPSA) is 29.5 Å². The van der Waals surface area contributed by atoms with Crippen molar-refractivity contribution < 1.29 is 23.0 Å². The molecule has 0 aromatic heterocycles. The first-order valence-electron chi connectivity index (χ1n) is 7.83. The maximum Gasteiger partial charge on any atom is 0.411 e. The fourth-order valence-corrected chi connectivity index (χ4v) is 3.32. The molecule has 1 aliphatic carbocycles. The minimum Gasteiger partial charge on any atom is -0.396 e. The van der Waals surface area contributed by atoms with E-state index in [-0.39, 0.29) is 24.0 Å². The van der Waals surface area contributed by atoms with Gasteiger partial charge in [-0.25, -0.2) is 0 Å². The van der Waals surface area contributed by atoms with Gasteiger partial charge in [0.1, 0.15) is 6.61 Å². The van der Waals surface area contributed by atoms with Crippen LogP contribution >= 0.6 is 0 Å². The van der Waals surface area contributed by atoms with E-state index in [4.69, 9.17) is 0 Å². The van der Waals surface area contributed by atoms with Crippen LogP contribution in [0.25, 0.3) is 0 Å². The first kappa shape index (κ1) is 18.8. The lowest BCUT2D eigenvalue weighted by Crippen LogP contribution is -2.35. The second-order valence-electron chi connectivity index (χ2n) is 7.57. The van der Waals surface area contributed by atoms with Crippen LogP contribution in [-0.2, 0) is 4.74 Å². The van der Waals surface area contributed by atoms with E-state index in [0.29, 0.717) is 12.3 Å². The van der Waals surface area contributed by atoms with Gasteiger partial charge in [0.15, 0.2) is 0 Å². The van der Waals surface area contributed by atoms with Gasteiger partial charge in [-0.05, 0) is 55.3 Å². The zero-order valence-corrected chi connectivity index (χ0v) is 13.4. The van der Waals surface area contributed by atoms with Crippen LogP contribution in [0.15, 0.2) is 0 Å². The van der Waals surface area contributed by atoms with Gasteiger partial charge < -0.3 is 9.84 Å². The third-order valence-electron chi connectivity index (χ3n) is 4.87. The van der Waals surface area contributed by atoms with Crippen LogP contribution in [0.1, 0.15) is 59.3 Å². The van der Waals surface area contributed by atoms with Crippen LogP contribution in [0.4, 0.5) is 13.2 Å². The third kappa shape index (κ3) is 6.55. The van der Waals surface area contributed by atoms with Gasteiger partial charge in [0.2, 0.25) is 0 Å². The molecule has 0 aromatic rings. The summed E-state index contributed by atoms with van der Waals surface area (Å²) in [6.45, 7) is 5.80. The summed E-state index contributed by atoms with van der Waals surface area (Å²) in [5.74, 6) is 0.665. The van der Waals surface area contributed by atoms with Gasteiger partial charge >= 0.3 is 6.18 Å². The number of alkyl halides is 3. The first-order chi connectivity index (χ1) is 9.58. The lowest BCUT2D eigenvalue weighted by molar-refractivity contribution is -0.174. The van der Waals surface area contributed by atoms with Crippen LogP contribution in [0.5, 0.6) is 0 Å². The minimum atomic E-state index is -4.25. The van der Waals surface area contributed by atoms with Crippen molar-refractivity contribution in [1.29, 1.82) is 0 Å². The third-order valence-corrected chi connectivity index (χ3v) is 4.87. The minimum absolute atomic E-state index is 0.108. The number of hydrogen-bond donors (Lipinski definition) is 1. The fraction of sp³-hybridized carbons (Fsp3) is 1.00. The van der Waals surface area contributed by atoms with Crippen molar-refractivity contribution in [2.75, 3.05) is 19.8 Å². The van der Waals surface area contributed by atoms with Gasteiger partial charge in [0, 0.05) is 13.2 Å². The highest BCUT2D eigenvalue weighted by Crippen LogP contribution is 2.47. The molecule has 0 saturated heterocycles. The average Bonchev–Trinajstić information content (AvgIpc) is 2.36. The van der Waals surface area contributed by atoms with Gasteiger partial charge in [-0.15, -0.1) is 0 Å². The van der Waals surface area contributed by atoms with E-state index < -0.39 is 12.8 Å². The molecule has 21 heavy (non-hydrogen) atoms.